The SMILES string of the molecule is COc1ccc2c(-c3cnc4nccn4c3)c[nH]c2n1. The van der Waals surface area contributed by atoms with Gasteiger partial charge in [-0.15, -0.1) is 0 Å². The predicted molar refractivity (Wildman–Crippen MR) is 74.6 cm³/mol. The smallest absolute Gasteiger partial charge is 0.233 e. The van der Waals surface area contributed by atoms with Crippen LogP contribution in [0.1, 0.15) is 0 Å². The number of nitrogens with one attached hydrogen (secondary N) is 1. The van der Waals surface area contributed by atoms with Crippen molar-refractivity contribution in [3.05, 3.63) is 43.1 Å². The summed E-state index contributed by atoms with van der Waals surface area (Å²) < 4.78 is 7.02. The van der Waals surface area contributed by atoms with Crippen molar-refractivity contribution in [2.24, 2.45) is 0 Å². The van der Waals surface area contributed by atoms with Crippen LogP contribution in [-0.4, -0.2) is 31.4 Å². The van der Waals surface area contributed by atoms with Crippen LogP contribution in [0, 0.1) is 0 Å². The predicted octanol–water partition coefficient (Wildman–Crippen LogP) is 2.28. The van der Waals surface area contributed by atoms with Gasteiger partial charge in [0.05, 0.1) is 7.11 Å². The van der Waals surface area contributed by atoms with E-state index >= 15 is 0 Å². The van der Waals surface area contributed by atoms with Gasteiger partial charge < -0.3 is 9.72 Å². The van der Waals surface area contributed by atoms with E-state index in [0.29, 0.717) is 11.7 Å². The molecule has 0 amide bonds. The number of rotatable bonds is 2. The maximum atomic E-state index is 5.13. The van der Waals surface area contributed by atoms with Crippen LogP contribution in [0.15, 0.2) is 43.1 Å². The van der Waals surface area contributed by atoms with Crippen molar-refractivity contribution in [3.8, 4) is 17.0 Å². The maximum Gasteiger partial charge on any atom is 0.233 e. The molecule has 0 fully saturated rings. The summed E-state index contributed by atoms with van der Waals surface area (Å²) in [5, 5.41) is 1.03. The zero-order valence-electron chi connectivity index (χ0n) is 10.7. The Balaban J connectivity index is 1.92. The number of imidazole rings is 1. The number of methoxy groups -OCH3 is 1. The highest BCUT2D eigenvalue weighted by Gasteiger charge is 2.09. The van der Waals surface area contributed by atoms with Crippen LogP contribution >= 0.6 is 0 Å². The molecule has 0 bridgehead atoms. The number of hydrogen-bond donors (Lipinski definition) is 1. The van der Waals surface area contributed by atoms with Gasteiger partial charge in [-0.1, -0.05) is 0 Å². The molecule has 1 N–H and O–H groups in total. The number of hydrogen-bond acceptors (Lipinski definition) is 4. The molecule has 4 heterocycles. The van der Waals surface area contributed by atoms with Gasteiger partial charge in [0.15, 0.2) is 0 Å². The molecule has 0 aromatic carbocycles. The number of pyridine rings is 1. The first kappa shape index (κ1) is 11.0. The molecule has 4 aromatic rings. The average molecular weight is 265 g/mol. The van der Waals surface area contributed by atoms with Crippen molar-refractivity contribution < 1.29 is 4.74 Å². The van der Waals surface area contributed by atoms with Crippen LogP contribution in [-0.2, 0) is 0 Å². The fourth-order valence-corrected chi connectivity index (χ4v) is 2.29. The third kappa shape index (κ3) is 1.55. The summed E-state index contributed by atoms with van der Waals surface area (Å²) in [6, 6.07) is 3.84. The molecule has 98 valence electrons. The van der Waals surface area contributed by atoms with Gasteiger partial charge in [-0.3, -0.25) is 4.40 Å². The van der Waals surface area contributed by atoms with E-state index in [1.807, 2.05) is 41.3 Å². The molecule has 0 aliphatic heterocycles. The molecule has 0 saturated carbocycles. The van der Waals surface area contributed by atoms with Gasteiger partial charge in [-0.2, -0.15) is 4.98 Å². The molecular weight excluding hydrogens is 254 g/mol. The third-order valence-electron chi connectivity index (χ3n) is 3.28. The summed E-state index contributed by atoms with van der Waals surface area (Å²) in [4.78, 5) is 16.0. The first-order chi connectivity index (χ1) is 9.85. The largest absolute Gasteiger partial charge is 0.481 e. The monoisotopic (exact) mass is 265 g/mol. The zero-order chi connectivity index (χ0) is 13.5. The van der Waals surface area contributed by atoms with Gasteiger partial charge in [0, 0.05) is 53.6 Å². The van der Waals surface area contributed by atoms with E-state index in [9.17, 15) is 0 Å². The first-order valence-corrected chi connectivity index (χ1v) is 6.16. The molecule has 4 aromatic heterocycles. The minimum absolute atomic E-state index is 0.592. The van der Waals surface area contributed by atoms with Crippen LogP contribution < -0.4 is 4.74 Å². The van der Waals surface area contributed by atoms with Gasteiger partial charge >= 0.3 is 0 Å². The Morgan fingerprint density at radius 1 is 1.25 bits per heavy atom. The summed E-state index contributed by atoms with van der Waals surface area (Å²) in [7, 11) is 1.61. The molecule has 0 spiro atoms. The molecule has 0 saturated heterocycles. The second-order valence-electron chi connectivity index (χ2n) is 4.43. The van der Waals surface area contributed by atoms with E-state index in [1.54, 1.807) is 13.3 Å². The standard InChI is InChI=1S/C14H11N5O/c1-20-12-3-2-10-11(7-16-13(10)18-12)9-6-17-14-15-4-5-19(14)8-9/h2-8H,1H3,(H,16,18). The minimum Gasteiger partial charge on any atom is -0.481 e. The minimum atomic E-state index is 0.592. The summed E-state index contributed by atoms with van der Waals surface area (Å²) in [5.74, 6) is 1.28. The van der Waals surface area contributed by atoms with Crippen LogP contribution in [0.3, 0.4) is 0 Å². The summed E-state index contributed by atoms with van der Waals surface area (Å²) in [6.45, 7) is 0. The van der Waals surface area contributed by atoms with Gasteiger partial charge in [0.2, 0.25) is 11.7 Å². The lowest BCUT2D eigenvalue weighted by Crippen LogP contribution is -1.89. The molecule has 20 heavy (non-hydrogen) atoms. The molecule has 6 nitrogen and oxygen atoms in total. The van der Waals surface area contributed by atoms with Gasteiger partial charge in [-0.25, -0.2) is 9.97 Å². The quantitative estimate of drug-likeness (QED) is 0.603. The highest BCUT2D eigenvalue weighted by molar-refractivity contribution is 5.93. The normalized spacial score (nSPS) is 11.2. The van der Waals surface area contributed by atoms with E-state index in [4.69, 9.17) is 4.74 Å². The Labute approximate surface area is 114 Å². The lowest BCUT2D eigenvalue weighted by atomic mass is 10.1. The molecule has 0 aliphatic rings. The Morgan fingerprint density at radius 2 is 2.20 bits per heavy atom. The number of aromatic amines is 1. The molecule has 0 unspecified atom stereocenters. The average Bonchev–Trinajstić information content (AvgIpc) is 3.11. The van der Waals surface area contributed by atoms with E-state index < -0.39 is 0 Å². The number of H-pyrrole nitrogens is 1. The molecule has 0 radical (unpaired) electrons. The number of ether oxygens (including phenoxy) is 1. The number of fused-ring (bicyclic) bond motifs is 2. The summed E-state index contributed by atoms with van der Waals surface area (Å²) in [5.41, 5.74) is 2.86. The van der Waals surface area contributed by atoms with Crippen LogP contribution in [0.2, 0.25) is 0 Å². The lowest BCUT2D eigenvalue weighted by Gasteiger charge is -2.01. The van der Waals surface area contributed by atoms with Crippen LogP contribution in [0.25, 0.3) is 27.9 Å². The first-order valence-electron chi connectivity index (χ1n) is 6.16. The van der Waals surface area contributed by atoms with E-state index in [1.165, 1.54) is 0 Å². The van der Waals surface area contributed by atoms with Crippen LogP contribution in [0.4, 0.5) is 0 Å². The fourth-order valence-electron chi connectivity index (χ4n) is 2.29. The zero-order valence-corrected chi connectivity index (χ0v) is 10.7. The Kier molecular flexibility index (Phi) is 2.23. The molecule has 0 atom stereocenters. The Bertz CT molecular complexity index is 908. The fraction of sp³-hybridized carbons (Fsp3) is 0.0714. The Morgan fingerprint density at radius 3 is 3.10 bits per heavy atom. The third-order valence-corrected chi connectivity index (χ3v) is 3.28. The second kappa shape index (κ2) is 4.06. The van der Waals surface area contributed by atoms with Crippen molar-refractivity contribution in [1.29, 1.82) is 0 Å². The van der Waals surface area contributed by atoms with Crippen molar-refractivity contribution >= 4 is 16.8 Å². The van der Waals surface area contributed by atoms with Gasteiger partial charge in [0.25, 0.3) is 0 Å². The molecule has 4 rings (SSSR count). The lowest BCUT2D eigenvalue weighted by molar-refractivity contribution is 0.399. The van der Waals surface area contributed by atoms with E-state index in [0.717, 1.165) is 22.2 Å². The van der Waals surface area contributed by atoms with Crippen molar-refractivity contribution in [3.63, 3.8) is 0 Å². The van der Waals surface area contributed by atoms with Crippen molar-refractivity contribution in [2.75, 3.05) is 7.11 Å². The van der Waals surface area contributed by atoms with Crippen molar-refractivity contribution in [2.45, 2.75) is 0 Å². The Hall–Kier alpha value is -2.89. The molecule has 6 heteroatoms. The highest BCUT2D eigenvalue weighted by atomic mass is 16.5. The second-order valence-corrected chi connectivity index (χ2v) is 4.43. The number of nitrogens with zero attached hydrogens (tertiary/aromatic N) is 4. The summed E-state index contributed by atoms with van der Waals surface area (Å²) >= 11 is 0. The van der Waals surface area contributed by atoms with Gasteiger partial charge in [-0.05, 0) is 6.07 Å². The topological polar surface area (TPSA) is 68.1 Å². The van der Waals surface area contributed by atoms with E-state index in [-0.39, 0.29) is 0 Å². The maximum absolute atomic E-state index is 5.13. The van der Waals surface area contributed by atoms with E-state index in [2.05, 4.69) is 19.9 Å². The number of aromatic nitrogens is 5. The molecular formula is C14H11N5O. The van der Waals surface area contributed by atoms with Gasteiger partial charge in [0.1, 0.15) is 5.65 Å². The summed E-state index contributed by atoms with van der Waals surface area (Å²) in [6.07, 6.45) is 9.35. The van der Waals surface area contributed by atoms with Crippen LogP contribution in [0.5, 0.6) is 5.88 Å². The van der Waals surface area contributed by atoms with Crippen molar-refractivity contribution in [1.82, 2.24) is 24.3 Å². The molecule has 0 aliphatic carbocycles. The highest BCUT2D eigenvalue weighted by Crippen LogP contribution is 2.28.